The highest BCUT2D eigenvalue weighted by molar-refractivity contribution is 5.93. The second-order valence-corrected chi connectivity index (χ2v) is 8.55. The molecule has 1 unspecified atom stereocenters. The summed E-state index contributed by atoms with van der Waals surface area (Å²) >= 11 is 0. The van der Waals surface area contributed by atoms with Gasteiger partial charge in [-0.1, -0.05) is 25.1 Å². The van der Waals surface area contributed by atoms with Crippen molar-refractivity contribution in [1.29, 1.82) is 0 Å². The van der Waals surface area contributed by atoms with Crippen molar-refractivity contribution in [3.8, 4) is 0 Å². The number of carbonyl (C=O) groups excluding carboxylic acids is 1. The fourth-order valence-corrected chi connectivity index (χ4v) is 4.25. The van der Waals surface area contributed by atoms with Gasteiger partial charge in [0.1, 0.15) is 0 Å². The van der Waals surface area contributed by atoms with E-state index < -0.39 is 0 Å². The Morgan fingerprint density at radius 1 is 1.24 bits per heavy atom. The molecule has 1 fully saturated rings. The molecule has 2 N–H and O–H groups in total. The van der Waals surface area contributed by atoms with Crippen molar-refractivity contribution in [1.82, 2.24) is 25.1 Å². The zero-order chi connectivity index (χ0) is 20.5. The Hall–Kier alpha value is -2.67. The average Bonchev–Trinajstić information content (AvgIpc) is 3.34. The fourth-order valence-electron chi connectivity index (χ4n) is 4.25. The number of likely N-dealkylation sites (N-methyl/N-ethyl adjacent to an activating group) is 1. The van der Waals surface area contributed by atoms with Crippen LogP contribution in [0.4, 0.5) is 5.95 Å². The Morgan fingerprint density at radius 3 is 2.72 bits per heavy atom. The Bertz CT molecular complexity index is 980. The number of para-hydroxylation sites is 1. The van der Waals surface area contributed by atoms with E-state index in [0.29, 0.717) is 30.3 Å². The predicted molar refractivity (Wildman–Crippen MR) is 115 cm³/mol. The van der Waals surface area contributed by atoms with Crippen molar-refractivity contribution in [3.63, 3.8) is 0 Å². The molecular weight excluding hydrogens is 364 g/mol. The molecule has 7 heteroatoms. The molecule has 0 saturated carbocycles. The van der Waals surface area contributed by atoms with Gasteiger partial charge in [0.15, 0.2) is 11.6 Å². The van der Waals surface area contributed by atoms with Crippen LogP contribution in [0.25, 0.3) is 10.9 Å². The third-order valence-corrected chi connectivity index (χ3v) is 6.16. The number of piperazine rings is 1. The van der Waals surface area contributed by atoms with Crippen molar-refractivity contribution in [3.05, 3.63) is 41.9 Å². The summed E-state index contributed by atoms with van der Waals surface area (Å²) in [5.41, 5.74) is 2.39. The number of rotatable bonds is 6. The van der Waals surface area contributed by atoms with Gasteiger partial charge < -0.3 is 9.88 Å². The zero-order valence-electron chi connectivity index (χ0n) is 17.6. The SMILES string of the molecule is CC(CC(=O)c1nc(N2C[C@@H](C)N(C)[C@@H](C)C2)n[nH]1)Cc1c[nH]c2ccccc12. The van der Waals surface area contributed by atoms with Gasteiger partial charge in [-0.05, 0) is 44.9 Å². The monoisotopic (exact) mass is 394 g/mol. The Kier molecular flexibility index (Phi) is 5.41. The summed E-state index contributed by atoms with van der Waals surface area (Å²) < 4.78 is 0. The minimum Gasteiger partial charge on any atom is -0.361 e. The van der Waals surface area contributed by atoms with Gasteiger partial charge in [0.25, 0.3) is 0 Å². The first kappa shape index (κ1) is 19.6. The van der Waals surface area contributed by atoms with Crippen LogP contribution < -0.4 is 4.90 Å². The molecule has 3 atom stereocenters. The number of Topliss-reactive ketones (excluding diaryl/α,β-unsaturated/α-hetero) is 1. The summed E-state index contributed by atoms with van der Waals surface area (Å²) in [4.78, 5) is 25.1. The van der Waals surface area contributed by atoms with Crippen LogP contribution in [-0.2, 0) is 6.42 Å². The number of aromatic nitrogens is 4. The number of anilines is 1. The lowest BCUT2D eigenvalue weighted by Gasteiger charge is -2.41. The van der Waals surface area contributed by atoms with Gasteiger partial charge in [-0.2, -0.15) is 4.98 Å². The van der Waals surface area contributed by atoms with E-state index in [1.165, 1.54) is 10.9 Å². The van der Waals surface area contributed by atoms with Crippen LogP contribution in [0.5, 0.6) is 0 Å². The van der Waals surface area contributed by atoms with Gasteiger partial charge >= 0.3 is 0 Å². The highest BCUT2D eigenvalue weighted by Crippen LogP contribution is 2.23. The molecule has 29 heavy (non-hydrogen) atoms. The molecule has 0 bridgehead atoms. The first-order valence-electron chi connectivity index (χ1n) is 10.4. The molecule has 3 aromatic rings. The average molecular weight is 395 g/mol. The molecule has 3 heterocycles. The van der Waals surface area contributed by atoms with Gasteiger partial charge in [0, 0.05) is 48.7 Å². The number of H-pyrrole nitrogens is 2. The fraction of sp³-hybridized carbons (Fsp3) is 0.500. The van der Waals surface area contributed by atoms with E-state index in [4.69, 9.17) is 0 Å². The summed E-state index contributed by atoms with van der Waals surface area (Å²) in [6.45, 7) is 8.24. The molecule has 154 valence electrons. The number of hydrogen-bond acceptors (Lipinski definition) is 5. The number of fused-ring (bicyclic) bond motifs is 1. The standard InChI is InChI=1S/C22H30N6O/c1-14(9-17-11-23-19-8-6-5-7-18(17)19)10-20(29)21-24-22(26-25-21)28-12-15(2)27(4)16(3)13-28/h5-8,11,14-16,23H,9-10,12-13H2,1-4H3,(H,24,25,26)/t14?,15-,16+. The van der Waals surface area contributed by atoms with Crippen LogP contribution in [0.3, 0.4) is 0 Å². The third-order valence-electron chi connectivity index (χ3n) is 6.16. The van der Waals surface area contributed by atoms with E-state index in [1.54, 1.807) is 0 Å². The number of hydrogen-bond donors (Lipinski definition) is 2. The normalized spacial score (nSPS) is 21.6. The first-order chi connectivity index (χ1) is 13.9. The predicted octanol–water partition coefficient (Wildman–Crippen LogP) is 3.27. The summed E-state index contributed by atoms with van der Waals surface area (Å²) in [6.07, 6.45) is 3.35. The number of nitrogens with zero attached hydrogens (tertiary/aromatic N) is 4. The second kappa shape index (κ2) is 7.99. The van der Waals surface area contributed by atoms with Crippen molar-refractivity contribution >= 4 is 22.6 Å². The van der Waals surface area contributed by atoms with Crippen LogP contribution >= 0.6 is 0 Å². The molecule has 7 nitrogen and oxygen atoms in total. The van der Waals surface area contributed by atoms with E-state index in [-0.39, 0.29) is 11.7 Å². The van der Waals surface area contributed by atoms with E-state index in [1.807, 2.05) is 18.3 Å². The molecule has 0 radical (unpaired) electrons. The minimum absolute atomic E-state index is 0.0197. The number of carbonyl (C=O) groups is 1. The van der Waals surface area contributed by atoms with Crippen molar-refractivity contribution in [2.24, 2.45) is 5.92 Å². The van der Waals surface area contributed by atoms with Gasteiger partial charge in [0.2, 0.25) is 5.95 Å². The minimum atomic E-state index is 0.0197. The molecule has 1 saturated heterocycles. The van der Waals surface area contributed by atoms with E-state index in [9.17, 15) is 4.79 Å². The highest BCUT2D eigenvalue weighted by Gasteiger charge is 2.29. The molecule has 0 amide bonds. The van der Waals surface area contributed by atoms with Crippen LogP contribution in [0.1, 0.15) is 43.4 Å². The maximum Gasteiger partial charge on any atom is 0.245 e. The van der Waals surface area contributed by atoms with Gasteiger partial charge in [0.05, 0.1) is 0 Å². The Balaban J connectivity index is 1.39. The van der Waals surface area contributed by atoms with Gasteiger partial charge in [-0.25, -0.2) is 0 Å². The molecular formula is C22H30N6O. The van der Waals surface area contributed by atoms with Crippen LogP contribution in [-0.4, -0.2) is 63.1 Å². The van der Waals surface area contributed by atoms with Crippen molar-refractivity contribution in [2.45, 2.75) is 45.7 Å². The molecule has 1 aliphatic rings. The second-order valence-electron chi connectivity index (χ2n) is 8.55. The van der Waals surface area contributed by atoms with Gasteiger partial charge in [-0.15, -0.1) is 5.10 Å². The largest absolute Gasteiger partial charge is 0.361 e. The van der Waals surface area contributed by atoms with Crippen LogP contribution in [0, 0.1) is 5.92 Å². The summed E-state index contributed by atoms with van der Waals surface area (Å²) in [7, 11) is 2.15. The zero-order valence-corrected chi connectivity index (χ0v) is 17.6. The van der Waals surface area contributed by atoms with E-state index in [2.05, 4.69) is 69.9 Å². The Morgan fingerprint density at radius 2 is 1.97 bits per heavy atom. The van der Waals surface area contributed by atoms with Crippen LogP contribution in [0.15, 0.2) is 30.5 Å². The quantitative estimate of drug-likeness (QED) is 0.627. The topological polar surface area (TPSA) is 80.9 Å². The van der Waals surface area contributed by atoms with E-state index in [0.717, 1.165) is 25.0 Å². The van der Waals surface area contributed by atoms with E-state index >= 15 is 0 Å². The number of ketones is 1. The molecule has 1 aromatic carbocycles. The molecule has 1 aliphatic heterocycles. The first-order valence-corrected chi connectivity index (χ1v) is 10.4. The lowest BCUT2D eigenvalue weighted by Crippen LogP contribution is -2.55. The highest BCUT2D eigenvalue weighted by atomic mass is 16.1. The molecule has 4 rings (SSSR count). The Labute approximate surface area is 171 Å². The third kappa shape index (κ3) is 4.05. The maximum atomic E-state index is 12.8. The lowest BCUT2D eigenvalue weighted by atomic mass is 9.95. The molecule has 0 spiro atoms. The number of aromatic amines is 2. The maximum absolute atomic E-state index is 12.8. The summed E-state index contributed by atoms with van der Waals surface area (Å²) in [6, 6.07) is 9.12. The number of benzene rings is 1. The van der Waals surface area contributed by atoms with Crippen molar-refractivity contribution in [2.75, 3.05) is 25.0 Å². The van der Waals surface area contributed by atoms with Crippen LogP contribution in [0.2, 0.25) is 0 Å². The summed E-state index contributed by atoms with van der Waals surface area (Å²) in [5.74, 6) is 1.24. The lowest BCUT2D eigenvalue weighted by molar-refractivity contribution is 0.0955. The number of nitrogens with one attached hydrogen (secondary N) is 2. The summed E-state index contributed by atoms with van der Waals surface area (Å²) in [5, 5.41) is 8.42. The smallest absolute Gasteiger partial charge is 0.245 e. The molecule has 0 aliphatic carbocycles. The van der Waals surface area contributed by atoms with Gasteiger partial charge in [-0.3, -0.25) is 14.8 Å². The molecule has 2 aromatic heterocycles. The van der Waals surface area contributed by atoms with Crippen molar-refractivity contribution < 1.29 is 4.79 Å².